The van der Waals surface area contributed by atoms with E-state index in [1.807, 2.05) is 7.05 Å². The molecule has 2 aromatic rings. The molecule has 5 nitrogen and oxygen atoms in total. The van der Waals surface area contributed by atoms with Crippen LogP contribution in [0.2, 0.25) is 0 Å². The number of fused-ring (bicyclic) bond motifs is 1. The molecular weight excluding hydrogens is 156 g/mol. The topological polar surface area (TPSA) is 52.7 Å². The van der Waals surface area contributed by atoms with Crippen LogP contribution in [0.25, 0.3) is 11.0 Å². The SMILES string of the molecule is Cn1c(=O)c2nnccc2n1C. The van der Waals surface area contributed by atoms with Gasteiger partial charge in [0.2, 0.25) is 0 Å². The van der Waals surface area contributed by atoms with Gasteiger partial charge in [0.1, 0.15) is 0 Å². The molecular formula is C7H8N4O. The van der Waals surface area contributed by atoms with Gasteiger partial charge in [0.25, 0.3) is 5.56 Å². The van der Waals surface area contributed by atoms with Crippen LogP contribution in [-0.2, 0) is 14.1 Å². The number of aryl methyl sites for hydroxylation is 1. The number of hydrogen-bond donors (Lipinski definition) is 0. The molecule has 0 aliphatic carbocycles. The van der Waals surface area contributed by atoms with E-state index in [4.69, 9.17) is 0 Å². The minimum Gasteiger partial charge on any atom is -0.283 e. The van der Waals surface area contributed by atoms with Gasteiger partial charge in [-0.25, -0.2) is 0 Å². The largest absolute Gasteiger partial charge is 0.294 e. The maximum atomic E-state index is 11.4. The molecule has 0 amide bonds. The summed E-state index contributed by atoms with van der Waals surface area (Å²) in [6, 6.07) is 1.77. The monoisotopic (exact) mass is 164 g/mol. The smallest absolute Gasteiger partial charge is 0.283 e. The first-order valence-electron chi connectivity index (χ1n) is 3.55. The van der Waals surface area contributed by atoms with E-state index in [0.29, 0.717) is 5.52 Å². The fourth-order valence-electron chi connectivity index (χ4n) is 1.19. The summed E-state index contributed by atoms with van der Waals surface area (Å²) in [6.07, 6.45) is 1.57. The van der Waals surface area contributed by atoms with Crippen molar-refractivity contribution in [2.45, 2.75) is 0 Å². The fourth-order valence-corrected chi connectivity index (χ4v) is 1.19. The second-order valence-electron chi connectivity index (χ2n) is 2.62. The first-order valence-corrected chi connectivity index (χ1v) is 3.55. The van der Waals surface area contributed by atoms with Crippen LogP contribution in [0.1, 0.15) is 0 Å². The van der Waals surface area contributed by atoms with E-state index in [2.05, 4.69) is 10.2 Å². The molecule has 2 heterocycles. The molecule has 0 aliphatic rings. The minimum atomic E-state index is -0.111. The van der Waals surface area contributed by atoms with Crippen molar-refractivity contribution in [1.82, 2.24) is 19.6 Å². The van der Waals surface area contributed by atoms with Crippen LogP contribution in [-0.4, -0.2) is 19.6 Å². The van der Waals surface area contributed by atoms with Gasteiger partial charge in [0, 0.05) is 14.1 Å². The van der Waals surface area contributed by atoms with E-state index in [1.54, 1.807) is 24.0 Å². The van der Waals surface area contributed by atoms with Crippen molar-refractivity contribution in [3.63, 3.8) is 0 Å². The van der Waals surface area contributed by atoms with Gasteiger partial charge in [0.15, 0.2) is 5.52 Å². The number of aromatic nitrogens is 4. The summed E-state index contributed by atoms with van der Waals surface area (Å²) in [4.78, 5) is 11.4. The van der Waals surface area contributed by atoms with Gasteiger partial charge in [-0.15, -0.1) is 5.10 Å². The van der Waals surface area contributed by atoms with Crippen molar-refractivity contribution in [2.24, 2.45) is 14.1 Å². The molecule has 0 radical (unpaired) electrons. The van der Waals surface area contributed by atoms with Gasteiger partial charge in [-0.1, -0.05) is 0 Å². The first kappa shape index (κ1) is 7.02. The lowest BCUT2D eigenvalue weighted by molar-refractivity contribution is 0.595. The molecule has 0 spiro atoms. The highest BCUT2D eigenvalue weighted by Crippen LogP contribution is 2.02. The summed E-state index contributed by atoms with van der Waals surface area (Å²) in [5.41, 5.74) is 1.11. The number of nitrogens with zero attached hydrogens (tertiary/aromatic N) is 4. The molecule has 0 saturated heterocycles. The van der Waals surface area contributed by atoms with Gasteiger partial charge in [-0.2, -0.15) is 5.10 Å². The van der Waals surface area contributed by atoms with Crippen LogP contribution < -0.4 is 5.56 Å². The zero-order chi connectivity index (χ0) is 8.72. The molecule has 0 bridgehead atoms. The Morgan fingerprint density at radius 1 is 1.33 bits per heavy atom. The molecule has 0 unspecified atom stereocenters. The summed E-state index contributed by atoms with van der Waals surface area (Å²) in [5.74, 6) is 0. The molecule has 0 N–H and O–H groups in total. The second-order valence-corrected chi connectivity index (χ2v) is 2.62. The predicted molar refractivity (Wildman–Crippen MR) is 43.8 cm³/mol. The van der Waals surface area contributed by atoms with E-state index < -0.39 is 0 Å². The normalized spacial score (nSPS) is 10.8. The first-order chi connectivity index (χ1) is 5.72. The van der Waals surface area contributed by atoms with Gasteiger partial charge in [-0.05, 0) is 6.07 Å². The van der Waals surface area contributed by atoms with Crippen molar-refractivity contribution in [3.8, 4) is 0 Å². The molecule has 2 aromatic heterocycles. The summed E-state index contributed by atoms with van der Waals surface area (Å²) >= 11 is 0. The van der Waals surface area contributed by atoms with Crippen molar-refractivity contribution in [1.29, 1.82) is 0 Å². The summed E-state index contributed by atoms with van der Waals surface area (Å²) in [5, 5.41) is 7.41. The van der Waals surface area contributed by atoms with Crippen LogP contribution in [0.5, 0.6) is 0 Å². The highest BCUT2D eigenvalue weighted by Gasteiger charge is 2.07. The molecule has 0 atom stereocenters. The Balaban J connectivity index is 3.09. The minimum absolute atomic E-state index is 0.111. The molecule has 0 aliphatic heterocycles. The van der Waals surface area contributed by atoms with Crippen LogP contribution >= 0.6 is 0 Å². The van der Waals surface area contributed by atoms with Gasteiger partial charge < -0.3 is 0 Å². The molecule has 5 heteroatoms. The zero-order valence-electron chi connectivity index (χ0n) is 6.85. The van der Waals surface area contributed by atoms with Gasteiger partial charge >= 0.3 is 0 Å². The van der Waals surface area contributed by atoms with Crippen LogP contribution in [0.15, 0.2) is 17.1 Å². The lowest BCUT2D eigenvalue weighted by atomic mass is 10.4. The molecule has 12 heavy (non-hydrogen) atoms. The third-order valence-corrected chi connectivity index (χ3v) is 1.99. The summed E-state index contributed by atoms with van der Waals surface area (Å²) in [7, 11) is 3.51. The fraction of sp³-hybridized carbons (Fsp3) is 0.286. The van der Waals surface area contributed by atoms with Crippen molar-refractivity contribution < 1.29 is 0 Å². The van der Waals surface area contributed by atoms with E-state index in [0.717, 1.165) is 5.52 Å². The Morgan fingerprint density at radius 3 is 2.75 bits per heavy atom. The Bertz CT molecular complexity index is 482. The Labute approximate surface area is 68.2 Å². The van der Waals surface area contributed by atoms with Crippen molar-refractivity contribution >= 4 is 11.0 Å². The molecule has 0 saturated carbocycles. The highest BCUT2D eigenvalue weighted by molar-refractivity contribution is 5.72. The van der Waals surface area contributed by atoms with E-state index in [-0.39, 0.29) is 5.56 Å². The number of rotatable bonds is 0. The van der Waals surface area contributed by atoms with Crippen LogP contribution in [0, 0.1) is 0 Å². The molecule has 2 rings (SSSR count). The lowest BCUT2D eigenvalue weighted by Crippen LogP contribution is -2.16. The van der Waals surface area contributed by atoms with Gasteiger partial charge in [0.05, 0.1) is 11.7 Å². The molecule has 0 aromatic carbocycles. The van der Waals surface area contributed by atoms with E-state index >= 15 is 0 Å². The van der Waals surface area contributed by atoms with Crippen LogP contribution in [0.3, 0.4) is 0 Å². The quantitative estimate of drug-likeness (QED) is 0.535. The Kier molecular flexibility index (Phi) is 1.27. The zero-order valence-corrected chi connectivity index (χ0v) is 6.85. The van der Waals surface area contributed by atoms with E-state index in [9.17, 15) is 4.79 Å². The highest BCUT2D eigenvalue weighted by atomic mass is 16.1. The second kappa shape index (κ2) is 2.17. The maximum Gasteiger partial charge on any atom is 0.294 e. The summed E-state index contributed by atoms with van der Waals surface area (Å²) in [6.45, 7) is 0. The van der Waals surface area contributed by atoms with E-state index in [1.165, 1.54) is 4.68 Å². The third-order valence-electron chi connectivity index (χ3n) is 1.99. The summed E-state index contributed by atoms with van der Waals surface area (Å²) < 4.78 is 3.24. The van der Waals surface area contributed by atoms with Gasteiger partial charge in [-0.3, -0.25) is 14.2 Å². The predicted octanol–water partition coefficient (Wildman–Crippen LogP) is -0.333. The Morgan fingerprint density at radius 2 is 2.08 bits per heavy atom. The average Bonchev–Trinajstić information content (AvgIpc) is 2.33. The van der Waals surface area contributed by atoms with Crippen molar-refractivity contribution in [3.05, 3.63) is 22.6 Å². The third kappa shape index (κ3) is 0.702. The van der Waals surface area contributed by atoms with Crippen LogP contribution in [0.4, 0.5) is 0 Å². The lowest BCUT2D eigenvalue weighted by Gasteiger charge is -1.97. The number of hydrogen-bond acceptors (Lipinski definition) is 3. The standard InChI is InChI=1S/C7H8N4O/c1-10-5-3-4-8-9-6(5)7(12)11(10)2/h3-4H,1-2H3. The Hall–Kier alpha value is -1.65. The average molecular weight is 164 g/mol. The maximum absolute atomic E-state index is 11.4. The molecule has 0 fully saturated rings. The van der Waals surface area contributed by atoms with Crippen molar-refractivity contribution in [2.75, 3.05) is 0 Å². The molecule has 62 valence electrons.